The lowest BCUT2D eigenvalue weighted by molar-refractivity contribution is 0.722. The van der Waals surface area contributed by atoms with E-state index in [4.69, 9.17) is 5.26 Å². The second kappa shape index (κ2) is 7.60. The largest absolute Gasteiger partial charge is 0.353 e. The third-order valence-corrected chi connectivity index (χ3v) is 4.15. The third kappa shape index (κ3) is 3.54. The van der Waals surface area contributed by atoms with Crippen molar-refractivity contribution in [2.24, 2.45) is 12.0 Å². The van der Waals surface area contributed by atoms with Crippen molar-refractivity contribution < 1.29 is 0 Å². The van der Waals surface area contributed by atoms with Gasteiger partial charge in [-0.15, -0.1) is 0 Å². The first-order valence-electron chi connectivity index (χ1n) is 7.94. The summed E-state index contributed by atoms with van der Waals surface area (Å²) in [5.74, 6) is 0. The van der Waals surface area contributed by atoms with E-state index in [1.165, 1.54) is 0 Å². The Morgan fingerprint density at radius 2 is 2.25 bits per heavy atom. The lowest BCUT2D eigenvalue weighted by atomic mass is 10.1. The normalized spacial score (nSPS) is 12.1. The highest BCUT2D eigenvalue weighted by Crippen LogP contribution is 2.23. The predicted molar refractivity (Wildman–Crippen MR) is 99.3 cm³/mol. The number of hydrogen-bond acceptors (Lipinski definition) is 4. The van der Waals surface area contributed by atoms with Crippen LogP contribution in [0.25, 0.3) is 6.08 Å². The van der Waals surface area contributed by atoms with Gasteiger partial charge in [0.1, 0.15) is 11.9 Å². The Morgan fingerprint density at radius 3 is 2.88 bits per heavy atom. The van der Waals surface area contributed by atoms with Gasteiger partial charge < -0.3 is 9.47 Å². The fourth-order valence-corrected chi connectivity index (χ4v) is 2.57. The lowest BCUT2D eigenvalue weighted by Crippen LogP contribution is -2.28. The van der Waals surface area contributed by atoms with E-state index in [9.17, 15) is 0 Å². The summed E-state index contributed by atoms with van der Waals surface area (Å²) in [7, 11) is 3.94. The van der Waals surface area contributed by atoms with Gasteiger partial charge in [0.2, 0.25) is 0 Å². The van der Waals surface area contributed by atoms with Gasteiger partial charge in [-0.25, -0.2) is 4.98 Å². The van der Waals surface area contributed by atoms with Crippen molar-refractivity contribution in [2.45, 2.75) is 26.4 Å². The molecule has 0 saturated heterocycles. The molecule has 1 aromatic heterocycles. The van der Waals surface area contributed by atoms with E-state index in [2.05, 4.69) is 34.4 Å². The first-order chi connectivity index (χ1) is 11.5. The maximum absolute atomic E-state index is 9.05. The number of hydrogen-bond donors (Lipinski definition) is 0. The summed E-state index contributed by atoms with van der Waals surface area (Å²) in [5, 5.41) is 9.05. The Labute approximate surface area is 143 Å². The van der Waals surface area contributed by atoms with Gasteiger partial charge in [0.15, 0.2) is 0 Å². The number of aromatic nitrogens is 2. The van der Waals surface area contributed by atoms with Gasteiger partial charge in [-0.05, 0) is 43.2 Å². The van der Waals surface area contributed by atoms with E-state index in [0.717, 1.165) is 29.1 Å². The van der Waals surface area contributed by atoms with Crippen molar-refractivity contribution >= 4 is 18.0 Å². The minimum atomic E-state index is -0.0529. The molecule has 0 aliphatic carbocycles. The third-order valence-electron chi connectivity index (χ3n) is 4.15. The fraction of sp³-hybridized carbons (Fsp3) is 0.316. The van der Waals surface area contributed by atoms with Gasteiger partial charge in [-0.1, -0.05) is 13.5 Å². The smallest absolute Gasteiger partial charge is 0.118 e. The van der Waals surface area contributed by atoms with Gasteiger partial charge in [0.25, 0.3) is 0 Å². The molecule has 1 aromatic carbocycles. The number of imidazole rings is 1. The summed E-state index contributed by atoms with van der Waals surface area (Å²) >= 11 is 0. The summed E-state index contributed by atoms with van der Waals surface area (Å²) in [6.45, 7) is 7.94. The topological polar surface area (TPSA) is 57.2 Å². The lowest BCUT2D eigenvalue weighted by Gasteiger charge is -2.26. The Bertz CT molecular complexity index is 795. The van der Waals surface area contributed by atoms with E-state index in [0.29, 0.717) is 5.56 Å². The first kappa shape index (κ1) is 17.5. The van der Waals surface area contributed by atoms with Crippen LogP contribution in [0, 0.1) is 11.3 Å². The Kier molecular flexibility index (Phi) is 5.54. The van der Waals surface area contributed by atoms with Crippen LogP contribution in [0.4, 0.5) is 5.69 Å². The van der Waals surface area contributed by atoms with Crippen molar-refractivity contribution in [1.29, 1.82) is 5.26 Å². The molecular weight excluding hydrogens is 298 g/mol. The average Bonchev–Trinajstić information content (AvgIpc) is 2.97. The van der Waals surface area contributed by atoms with Crippen LogP contribution in [0.3, 0.4) is 0 Å². The number of anilines is 1. The molecule has 0 aliphatic heterocycles. The molecule has 5 nitrogen and oxygen atoms in total. The van der Waals surface area contributed by atoms with E-state index in [-0.39, 0.29) is 6.17 Å². The average molecular weight is 321 g/mol. The number of rotatable bonds is 6. The van der Waals surface area contributed by atoms with Gasteiger partial charge >= 0.3 is 0 Å². The molecule has 0 N–H and O–H groups in total. The predicted octanol–water partition coefficient (Wildman–Crippen LogP) is 3.40. The second-order valence-corrected chi connectivity index (χ2v) is 5.66. The first-order valence-corrected chi connectivity index (χ1v) is 7.94. The minimum absolute atomic E-state index is 0.0529. The summed E-state index contributed by atoms with van der Waals surface area (Å²) in [6.07, 6.45) is 6.13. The monoisotopic (exact) mass is 321 g/mol. The van der Waals surface area contributed by atoms with Gasteiger partial charge in [0, 0.05) is 19.8 Å². The molecule has 2 aromatic rings. The summed E-state index contributed by atoms with van der Waals surface area (Å²) in [6, 6.07) is 7.96. The van der Waals surface area contributed by atoms with Crippen LogP contribution in [0.5, 0.6) is 0 Å². The number of benzene rings is 1. The van der Waals surface area contributed by atoms with Crippen LogP contribution in [0.2, 0.25) is 0 Å². The fourth-order valence-electron chi connectivity index (χ4n) is 2.57. The van der Waals surface area contributed by atoms with Crippen molar-refractivity contribution in [3.8, 4) is 6.07 Å². The van der Waals surface area contributed by atoms with E-state index < -0.39 is 0 Å². The molecular formula is C19H23N5. The van der Waals surface area contributed by atoms with Crippen LogP contribution < -0.4 is 4.90 Å². The highest BCUT2D eigenvalue weighted by Gasteiger charge is 2.13. The number of aryl methyl sites for hydroxylation is 2. The molecule has 0 aliphatic rings. The molecule has 24 heavy (non-hydrogen) atoms. The zero-order chi connectivity index (χ0) is 17.7. The van der Waals surface area contributed by atoms with Crippen LogP contribution in [-0.4, -0.2) is 29.0 Å². The van der Waals surface area contributed by atoms with Crippen LogP contribution in [-0.2, 0) is 13.5 Å². The quantitative estimate of drug-likeness (QED) is 0.766. The molecule has 1 atom stereocenters. The van der Waals surface area contributed by atoms with Crippen molar-refractivity contribution in [2.75, 3.05) is 11.9 Å². The Morgan fingerprint density at radius 1 is 1.50 bits per heavy atom. The van der Waals surface area contributed by atoms with E-state index in [1.54, 1.807) is 18.6 Å². The maximum Gasteiger partial charge on any atom is 0.118 e. The zero-order valence-electron chi connectivity index (χ0n) is 14.7. The van der Waals surface area contributed by atoms with Gasteiger partial charge in [-0.2, -0.15) is 5.26 Å². The Hall–Kier alpha value is -2.87. The molecule has 124 valence electrons. The Balaban J connectivity index is 2.23. The SMILES string of the molecule is C=Cc1c(/C=N\C(C)N(C)c2ccc(C#N)cc2CC)ncn1C. The summed E-state index contributed by atoms with van der Waals surface area (Å²) in [5.41, 5.74) is 4.67. The van der Waals surface area contributed by atoms with Crippen LogP contribution in [0.15, 0.2) is 36.1 Å². The molecule has 0 amide bonds. The minimum Gasteiger partial charge on any atom is -0.353 e. The molecule has 0 bridgehead atoms. The number of nitrogens with zero attached hydrogens (tertiary/aromatic N) is 5. The molecule has 0 radical (unpaired) electrons. The van der Waals surface area contributed by atoms with Crippen LogP contribution in [0.1, 0.15) is 36.4 Å². The van der Waals surface area contributed by atoms with Gasteiger partial charge in [-0.3, -0.25) is 4.99 Å². The van der Waals surface area contributed by atoms with E-state index >= 15 is 0 Å². The van der Waals surface area contributed by atoms with Crippen molar-refractivity contribution in [3.05, 3.63) is 53.6 Å². The zero-order valence-corrected chi connectivity index (χ0v) is 14.7. The van der Waals surface area contributed by atoms with Gasteiger partial charge in [0.05, 0.1) is 29.9 Å². The molecule has 5 heteroatoms. The second-order valence-electron chi connectivity index (χ2n) is 5.66. The van der Waals surface area contributed by atoms with E-state index in [1.807, 2.05) is 43.8 Å². The molecule has 1 unspecified atom stereocenters. The summed E-state index contributed by atoms with van der Waals surface area (Å²) < 4.78 is 1.92. The molecule has 0 spiro atoms. The highest BCUT2D eigenvalue weighted by atomic mass is 15.2. The number of aliphatic imine (C=N–C) groups is 1. The summed E-state index contributed by atoms with van der Waals surface area (Å²) in [4.78, 5) is 11.1. The molecule has 0 fully saturated rings. The van der Waals surface area contributed by atoms with Crippen LogP contribution >= 0.6 is 0 Å². The maximum atomic E-state index is 9.05. The highest BCUT2D eigenvalue weighted by molar-refractivity contribution is 5.82. The molecule has 0 saturated carbocycles. The standard InChI is InChI=1S/C19H23N5/c1-6-16-10-15(11-20)8-9-19(16)24(5)14(3)21-12-17-18(7-2)23(4)13-22-17/h7-10,12-14H,2,6H2,1,3-5H3/b21-12-. The molecule has 2 rings (SSSR count). The van der Waals surface area contributed by atoms with Crippen molar-refractivity contribution in [1.82, 2.24) is 9.55 Å². The van der Waals surface area contributed by atoms with Crippen molar-refractivity contribution in [3.63, 3.8) is 0 Å². The molecule has 1 heterocycles. The number of nitriles is 1.